The summed E-state index contributed by atoms with van der Waals surface area (Å²) >= 11 is 1.52. The topological polar surface area (TPSA) is 58.4 Å². The molecule has 5 heteroatoms. The van der Waals surface area contributed by atoms with Gasteiger partial charge in [-0.1, -0.05) is 18.2 Å². The number of pyridine rings is 2. The molecule has 0 saturated carbocycles. The van der Waals surface area contributed by atoms with Crippen molar-refractivity contribution in [1.29, 1.82) is 0 Å². The van der Waals surface area contributed by atoms with Gasteiger partial charge in [-0.25, -0.2) is 0 Å². The fourth-order valence-electron chi connectivity index (χ4n) is 3.13. The highest BCUT2D eigenvalue weighted by Crippen LogP contribution is 2.36. The molecule has 0 atom stereocenters. The van der Waals surface area contributed by atoms with E-state index in [2.05, 4.69) is 15.0 Å². The lowest BCUT2D eigenvalue weighted by molar-refractivity contribution is 0.483. The summed E-state index contributed by atoms with van der Waals surface area (Å²) in [5.41, 5.74) is 2.51. The average Bonchev–Trinajstić information content (AvgIpc) is 3.02. The normalized spacial score (nSPS) is 11.8. The molecule has 3 aromatic heterocycles. The first-order chi connectivity index (χ1) is 12.8. The standard InChI is InChI=1S/C21H13N3OS/c25-21-15-6-1-2-8-17(15)26-18(21)12-24-16-11-13-5-3-9-22-19(13)20-14(16)7-4-10-23-20/h1-12,25H. The van der Waals surface area contributed by atoms with Crippen molar-refractivity contribution in [3.63, 3.8) is 0 Å². The highest BCUT2D eigenvalue weighted by atomic mass is 32.1. The van der Waals surface area contributed by atoms with Crippen LogP contribution in [-0.4, -0.2) is 21.3 Å². The van der Waals surface area contributed by atoms with E-state index in [9.17, 15) is 5.11 Å². The molecule has 3 heterocycles. The molecule has 2 aromatic carbocycles. The number of rotatable bonds is 2. The molecule has 0 aliphatic carbocycles. The van der Waals surface area contributed by atoms with Crippen molar-refractivity contribution in [2.75, 3.05) is 0 Å². The second-order valence-corrected chi connectivity index (χ2v) is 7.02. The Bertz CT molecular complexity index is 1310. The molecule has 5 rings (SSSR count). The number of aromatic hydroxyl groups is 1. The van der Waals surface area contributed by atoms with E-state index in [1.54, 1.807) is 18.6 Å². The molecular weight excluding hydrogens is 342 g/mol. The summed E-state index contributed by atoms with van der Waals surface area (Å²) in [7, 11) is 0. The van der Waals surface area contributed by atoms with Crippen LogP contribution in [0.3, 0.4) is 0 Å². The van der Waals surface area contributed by atoms with E-state index in [0.29, 0.717) is 0 Å². The predicted molar refractivity (Wildman–Crippen MR) is 108 cm³/mol. The second kappa shape index (κ2) is 5.89. The number of hydrogen-bond acceptors (Lipinski definition) is 5. The van der Waals surface area contributed by atoms with E-state index >= 15 is 0 Å². The first kappa shape index (κ1) is 15.0. The van der Waals surface area contributed by atoms with E-state index < -0.39 is 0 Å². The number of fused-ring (bicyclic) bond motifs is 4. The fraction of sp³-hybridized carbons (Fsp3) is 0. The van der Waals surface area contributed by atoms with Crippen molar-refractivity contribution in [3.8, 4) is 5.75 Å². The Morgan fingerprint density at radius 2 is 1.65 bits per heavy atom. The van der Waals surface area contributed by atoms with Gasteiger partial charge in [0.25, 0.3) is 0 Å². The Hall–Kier alpha value is -3.31. The monoisotopic (exact) mass is 355 g/mol. The van der Waals surface area contributed by atoms with Gasteiger partial charge in [0, 0.05) is 39.5 Å². The maximum absolute atomic E-state index is 10.4. The Balaban J connectivity index is 1.70. The zero-order chi connectivity index (χ0) is 17.5. The lowest BCUT2D eigenvalue weighted by Crippen LogP contribution is -1.85. The first-order valence-corrected chi connectivity index (χ1v) is 9.00. The third-order valence-corrected chi connectivity index (χ3v) is 5.45. The van der Waals surface area contributed by atoms with Crippen molar-refractivity contribution < 1.29 is 5.11 Å². The van der Waals surface area contributed by atoms with Crippen molar-refractivity contribution >= 4 is 55.1 Å². The molecule has 5 aromatic rings. The Morgan fingerprint density at radius 1 is 0.885 bits per heavy atom. The minimum absolute atomic E-state index is 0.277. The zero-order valence-electron chi connectivity index (χ0n) is 13.6. The predicted octanol–water partition coefficient (Wildman–Crippen LogP) is 5.45. The average molecular weight is 355 g/mol. The Kier molecular flexibility index (Phi) is 3.40. The third-order valence-electron chi connectivity index (χ3n) is 4.36. The third kappa shape index (κ3) is 2.33. The van der Waals surface area contributed by atoms with Crippen LogP contribution in [-0.2, 0) is 0 Å². The van der Waals surface area contributed by atoms with Gasteiger partial charge in [0.2, 0.25) is 0 Å². The summed E-state index contributed by atoms with van der Waals surface area (Å²) in [5, 5.41) is 13.2. The molecule has 0 fully saturated rings. The van der Waals surface area contributed by atoms with Crippen LogP contribution >= 0.6 is 11.3 Å². The lowest BCUT2D eigenvalue weighted by atomic mass is 10.1. The van der Waals surface area contributed by atoms with Crippen LogP contribution < -0.4 is 0 Å². The fourth-order valence-corrected chi connectivity index (χ4v) is 4.10. The van der Waals surface area contributed by atoms with Crippen LogP contribution in [0.2, 0.25) is 0 Å². The van der Waals surface area contributed by atoms with Crippen LogP contribution in [0.4, 0.5) is 5.69 Å². The highest BCUT2D eigenvalue weighted by Gasteiger charge is 2.10. The quantitative estimate of drug-likeness (QED) is 0.338. The number of thiophene rings is 1. The van der Waals surface area contributed by atoms with E-state index in [1.165, 1.54) is 11.3 Å². The minimum atomic E-state index is 0.277. The number of benzene rings is 2. The van der Waals surface area contributed by atoms with Crippen LogP contribution in [0.25, 0.3) is 31.9 Å². The summed E-state index contributed by atoms with van der Waals surface area (Å²) in [6.45, 7) is 0. The molecule has 26 heavy (non-hydrogen) atoms. The highest BCUT2D eigenvalue weighted by molar-refractivity contribution is 7.21. The summed E-state index contributed by atoms with van der Waals surface area (Å²) in [6.07, 6.45) is 5.26. The van der Waals surface area contributed by atoms with E-state index in [-0.39, 0.29) is 5.75 Å². The van der Waals surface area contributed by atoms with Crippen LogP contribution in [0, 0.1) is 0 Å². The maximum Gasteiger partial charge on any atom is 0.142 e. The largest absolute Gasteiger partial charge is 0.506 e. The number of aliphatic imine (C=N–C) groups is 1. The van der Waals surface area contributed by atoms with Gasteiger partial charge in [0.15, 0.2) is 0 Å². The van der Waals surface area contributed by atoms with Crippen molar-refractivity contribution in [2.45, 2.75) is 0 Å². The van der Waals surface area contributed by atoms with Gasteiger partial charge in [-0.2, -0.15) is 0 Å². The zero-order valence-corrected chi connectivity index (χ0v) is 14.4. The van der Waals surface area contributed by atoms with Crippen LogP contribution in [0.1, 0.15) is 4.88 Å². The van der Waals surface area contributed by atoms with Gasteiger partial charge in [0.1, 0.15) is 5.75 Å². The molecule has 124 valence electrons. The van der Waals surface area contributed by atoms with Crippen LogP contribution in [0.15, 0.2) is 72.0 Å². The lowest BCUT2D eigenvalue weighted by Gasteiger charge is -2.05. The van der Waals surface area contributed by atoms with Crippen molar-refractivity contribution in [1.82, 2.24) is 9.97 Å². The summed E-state index contributed by atoms with van der Waals surface area (Å²) < 4.78 is 1.04. The molecule has 0 saturated heterocycles. The number of hydrogen-bond donors (Lipinski definition) is 1. The first-order valence-electron chi connectivity index (χ1n) is 8.18. The summed E-state index contributed by atoms with van der Waals surface area (Å²) in [6, 6.07) is 17.6. The molecule has 0 spiro atoms. The summed E-state index contributed by atoms with van der Waals surface area (Å²) in [5.74, 6) is 0.277. The van der Waals surface area contributed by atoms with Crippen molar-refractivity contribution in [2.24, 2.45) is 4.99 Å². The Labute approximate surface area is 153 Å². The molecule has 0 unspecified atom stereocenters. The number of nitrogens with zero attached hydrogens (tertiary/aromatic N) is 3. The molecule has 0 aliphatic heterocycles. The molecule has 0 aliphatic rings. The van der Waals surface area contributed by atoms with Crippen LogP contribution in [0.5, 0.6) is 5.75 Å². The van der Waals surface area contributed by atoms with E-state index in [4.69, 9.17) is 0 Å². The molecular formula is C21H13N3OS. The van der Waals surface area contributed by atoms with Gasteiger partial charge in [-0.15, -0.1) is 11.3 Å². The van der Waals surface area contributed by atoms with E-state index in [1.807, 2.05) is 54.6 Å². The van der Waals surface area contributed by atoms with Gasteiger partial charge >= 0.3 is 0 Å². The second-order valence-electron chi connectivity index (χ2n) is 5.94. The number of aromatic nitrogens is 2. The van der Waals surface area contributed by atoms with Gasteiger partial charge < -0.3 is 5.11 Å². The Morgan fingerprint density at radius 3 is 2.54 bits per heavy atom. The smallest absolute Gasteiger partial charge is 0.142 e. The van der Waals surface area contributed by atoms with Gasteiger partial charge in [-0.05, 0) is 36.4 Å². The van der Waals surface area contributed by atoms with Crippen molar-refractivity contribution in [3.05, 3.63) is 71.9 Å². The molecule has 0 amide bonds. The molecule has 4 nitrogen and oxygen atoms in total. The maximum atomic E-state index is 10.4. The molecule has 1 N–H and O–H groups in total. The SMILES string of the molecule is Oc1c(C=Nc2cc3cccnc3c3ncccc23)sc2ccccc12. The summed E-state index contributed by atoms with van der Waals surface area (Å²) in [4.78, 5) is 14.4. The molecule has 0 radical (unpaired) electrons. The minimum Gasteiger partial charge on any atom is -0.506 e. The van der Waals surface area contributed by atoms with E-state index in [0.717, 1.165) is 42.5 Å². The van der Waals surface area contributed by atoms with Gasteiger partial charge in [0.05, 0.1) is 21.6 Å². The van der Waals surface area contributed by atoms with Gasteiger partial charge in [-0.3, -0.25) is 15.0 Å². The molecule has 0 bridgehead atoms.